The first-order valence-electron chi connectivity index (χ1n) is 5.90. The van der Waals surface area contributed by atoms with Crippen LogP contribution in [0.5, 0.6) is 0 Å². The van der Waals surface area contributed by atoms with E-state index in [1.807, 2.05) is 37.3 Å². The topological polar surface area (TPSA) is 17.1 Å². The van der Waals surface area contributed by atoms with Gasteiger partial charge in [-0.2, -0.15) is 0 Å². The number of ketones is 1. The molecule has 0 aliphatic rings. The molecule has 0 saturated carbocycles. The van der Waals surface area contributed by atoms with Crippen LogP contribution in [0.3, 0.4) is 0 Å². The van der Waals surface area contributed by atoms with E-state index in [4.69, 9.17) is 0 Å². The van der Waals surface area contributed by atoms with Crippen LogP contribution in [-0.4, -0.2) is 5.78 Å². The molecule has 2 rings (SSSR count). The predicted molar refractivity (Wildman–Crippen MR) is 71.0 cm³/mol. The Labute approximate surface area is 106 Å². The standard InChI is InChI=1S/C16H15FO/c1-11-7-15(10-16(17)8-11)14-5-3-13(4-6-14)9-12(2)18/h3-8,10H,9H2,1-2H3. The van der Waals surface area contributed by atoms with Gasteiger partial charge in [0.15, 0.2) is 0 Å². The van der Waals surface area contributed by atoms with E-state index in [-0.39, 0.29) is 11.6 Å². The first-order chi connectivity index (χ1) is 8.54. The average Bonchev–Trinajstić information content (AvgIpc) is 2.27. The largest absolute Gasteiger partial charge is 0.300 e. The van der Waals surface area contributed by atoms with Crippen LogP contribution < -0.4 is 0 Å². The number of halogens is 1. The first kappa shape index (κ1) is 12.5. The molecule has 0 fully saturated rings. The summed E-state index contributed by atoms with van der Waals surface area (Å²) in [6, 6.07) is 12.6. The summed E-state index contributed by atoms with van der Waals surface area (Å²) in [7, 11) is 0. The fourth-order valence-corrected chi connectivity index (χ4v) is 2.01. The van der Waals surface area contributed by atoms with Gasteiger partial charge >= 0.3 is 0 Å². The molecule has 2 aromatic carbocycles. The molecule has 0 heterocycles. The Bertz CT molecular complexity index is 550. The second-order valence-electron chi connectivity index (χ2n) is 4.59. The van der Waals surface area contributed by atoms with Crippen molar-refractivity contribution in [2.45, 2.75) is 20.3 Å². The summed E-state index contributed by atoms with van der Waals surface area (Å²) in [6.45, 7) is 3.44. The van der Waals surface area contributed by atoms with Gasteiger partial charge in [-0.25, -0.2) is 4.39 Å². The van der Waals surface area contributed by atoms with E-state index in [2.05, 4.69) is 0 Å². The molecular weight excluding hydrogens is 227 g/mol. The van der Waals surface area contributed by atoms with E-state index in [0.29, 0.717) is 6.42 Å². The molecule has 0 spiro atoms. The van der Waals surface area contributed by atoms with E-state index in [1.165, 1.54) is 12.1 Å². The number of Topliss-reactive ketones (excluding diaryl/α,β-unsaturated/α-hetero) is 1. The number of benzene rings is 2. The monoisotopic (exact) mass is 242 g/mol. The third-order valence-electron chi connectivity index (χ3n) is 2.78. The highest BCUT2D eigenvalue weighted by Gasteiger charge is 2.02. The fraction of sp³-hybridized carbons (Fsp3) is 0.188. The minimum atomic E-state index is -0.224. The lowest BCUT2D eigenvalue weighted by Gasteiger charge is -2.05. The van der Waals surface area contributed by atoms with Crippen LogP contribution in [0.1, 0.15) is 18.1 Å². The molecule has 2 heteroatoms. The number of hydrogen-bond donors (Lipinski definition) is 0. The van der Waals surface area contributed by atoms with Crippen molar-refractivity contribution in [1.82, 2.24) is 0 Å². The lowest BCUT2D eigenvalue weighted by molar-refractivity contribution is -0.116. The zero-order chi connectivity index (χ0) is 13.1. The van der Waals surface area contributed by atoms with Gasteiger partial charge in [-0.05, 0) is 48.2 Å². The van der Waals surface area contributed by atoms with Crippen LogP contribution in [0, 0.1) is 12.7 Å². The minimum Gasteiger partial charge on any atom is -0.300 e. The van der Waals surface area contributed by atoms with Crippen LogP contribution in [0.2, 0.25) is 0 Å². The van der Waals surface area contributed by atoms with E-state index in [9.17, 15) is 9.18 Å². The number of rotatable bonds is 3. The van der Waals surface area contributed by atoms with Gasteiger partial charge in [0.05, 0.1) is 0 Å². The highest BCUT2D eigenvalue weighted by molar-refractivity contribution is 5.78. The lowest BCUT2D eigenvalue weighted by atomic mass is 10.0. The average molecular weight is 242 g/mol. The Morgan fingerprint density at radius 1 is 1.06 bits per heavy atom. The van der Waals surface area contributed by atoms with Gasteiger partial charge in [0.1, 0.15) is 11.6 Å². The van der Waals surface area contributed by atoms with E-state index < -0.39 is 0 Å². The van der Waals surface area contributed by atoms with Gasteiger partial charge in [-0.3, -0.25) is 4.79 Å². The molecule has 0 saturated heterocycles. The Kier molecular flexibility index (Phi) is 3.56. The Hall–Kier alpha value is -1.96. The summed E-state index contributed by atoms with van der Waals surface area (Å²) in [4.78, 5) is 11.0. The van der Waals surface area contributed by atoms with Crippen LogP contribution in [0.4, 0.5) is 4.39 Å². The maximum Gasteiger partial charge on any atom is 0.134 e. The lowest BCUT2D eigenvalue weighted by Crippen LogP contribution is -1.95. The fourth-order valence-electron chi connectivity index (χ4n) is 2.01. The molecule has 18 heavy (non-hydrogen) atoms. The highest BCUT2D eigenvalue weighted by atomic mass is 19.1. The molecular formula is C16H15FO. The van der Waals surface area contributed by atoms with E-state index >= 15 is 0 Å². The quantitative estimate of drug-likeness (QED) is 0.797. The molecule has 2 aromatic rings. The summed E-state index contributed by atoms with van der Waals surface area (Å²) in [5.41, 5.74) is 3.71. The van der Waals surface area contributed by atoms with Crippen molar-refractivity contribution in [3.63, 3.8) is 0 Å². The minimum absolute atomic E-state index is 0.143. The van der Waals surface area contributed by atoms with Crippen molar-refractivity contribution in [2.75, 3.05) is 0 Å². The molecule has 0 bridgehead atoms. The molecule has 0 aromatic heterocycles. The van der Waals surface area contributed by atoms with Crippen molar-refractivity contribution in [1.29, 1.82) is 0 Å². The van der Waals surface area contributed by atoms with Crippen LogP contribution >= 0.6 is 0 Å². The van der Waals surface area contributed by atoms with Crippen molar-refractivity contribution in [3.8, 4) is 11.1 Å². The van der Waals surface area contributed by atoms with Crippen LogP contribution in [0.15, 0.2) is 42.5 Å². The summed E-state index contributed by atoms with van der Waals surface area (Å²) >= 11 is 0. The number of carbonyl (C=O) groups is 1. The summed E-state index contributed by atoms with van der Waals surface area (Å²) in [6.07, 6.45) is 0.447. The third-order valence-corrected chi connectivity index (χ3v) is 2.78. The van der Waals surface area contributed by atoms with Gasteiger partial charge in [0, 0.05) is 6.42 Å². The molecule has 0 amide bonds. The van der Waals surface area contributed by atoms with E-state index in [0.717, 1.165) is 22.3 Å². The number of carbonyl (C=O) groups excluding carboxylic acids is 1. The van der Waals surface area contributed by atoms with Crippen molar-refractivity contribution in [3.05, 3.63) is 59.4 Å². The highest BCUT2D eigenvalue weighted by Crippen LogP contribution is 2.22. The van der Waals surface area contributed by atoms with Gasteiger partial charge in [-0.1, -0.05) is 30.3 Å². The molecule has 0 aliphatic heterocycles. The van der Waals surface area contributed by atoms with Gasteiger partial charge in [0.2, 0.25) is 0 Å². The van der Waals surface area contributed by atoms with Crippen molar-refractivity contribution in [2.24, 2.45) is 0 Å². The van der Waals surface area contributed by atoms with Gasteiger partial charge in [-0.15, -0.1) is 0 Å². The van der Waals surface area contributed by atoms with Crippen LogP contribution in [-0.2, 0) is 11.2 Å². The summed E-state index contributed by atoms with van der Waals surface area (Å²) < 4.78 is 13.3. The Morgan fingerprint density at radius 2 is 1.72 bits per heavy atom. The number of hydrogen-bond acceptors (Lipinski definition) is 1. The summed E-state index contributed by atoms with van der Waals surface area (Å²) in [5.74, 6) is -0.0813. The zero-order valence-electron chi connectivity index (χ0n) is 10.5. The molecule has 92 valence electrons. The Morgan fingerprint density at radius 3 is 2.28 bits per heavy atom. The molecule has 0 aliphatic carbocycles. The predicted octanol–water partition coefficient (Wildman–Crippen LogP) is 3.93. The second-order valence-corrected chi connectivity index (χ2v) is 4.59. The molecule has 0 radical (unpaired) electrons. The maximum atomic E-state index is 13.3. The third kappa shape index (κ3) is 3.04. The van der Waals surface area contributed by atoms with Gasteiger partial charge in [0.25, 0.3) is 0 Å². The zero-order valence-corrected chi connectivity index (χ0v) is 10.5. The molecule has 0 unspecified atom stereocenters. The SMILES string of the molecule is CC(=O)Cc1ccc(-c2cc(C)cc(F)c2)cc1. The van der Waals surface area contributed by atoms with Crippen molar-refractivity contribution < 1.29 is 9.18 Å². The summed E-state index contributed by atoms with van der Waals surface area (Å²) in [5, 5.41) is 0. The smallest absolute Gasteiger partial charge is 0.134 e. The second kappa shape index (κ2) is 5.13. The normalized spacial score (nSPS) is 10.4. The molecule has 0 atom stereocenters. The molecule has 1 nitrogen and oxygen atoms in total. The van der Waals surface area contributed by atoms with Crippen LogP contribution in [0.25, 0.3) is 11.1 Å². The van der Waals surface area contributed by atoms with Crippen molar-refractivity contribution >= 4 is 5.78 Å². The van der Waals surface area contributed by atoms with E-state index in [1.54, 1.807) is 6.92 Å². The number of aryl methyl sites for hydroxylation is 1. The van der Waals surface area contributed by atoms with Gasteiger partial charge < -0.3 is 0 Å². The first-order valence-corrected chi connectivity index (χ1v) is 5.90. The Balaban J connectivity index is 2.31. The molecule has 0 N–H and O–H groups in total. The maximum absolute atomic E-state index is 13.3.